The molecule has 3 rings (SSSR count). The predicted molar refractivity (Wildman–Crippen MR) is 99.4 cm³/mol. The van der Waals surface area contributed by atoms with Gasteiger partial charge in [0.15, 0.2) is 5.69 Å². The van der Waals surface area contributed by atoms with Crippen molar-refractivity contribution >= 4 is 5.91 Å². The van der Waals surface area contributed by atoms with E-state index in [1.54, 1.807) is 20.8 Å². The van der Waals surface area contributed by atoms with Crippen LogP contribution in [0.15, 0.2) is 35.0 Å². The highest BCUT2D eigenvalue weighted by Crippen LogP contribution is 2.25. The topological polar surface area (TPSA) is 123 Å². The summed E-state index contributed by atoms with van der Waals surface area (Å²) in [6.45, 7) is 4.95. The number of aromatic nitrogens is 4. The van der Waals surface area contributed by atoms with E-state index >= 15 is 0 Å². The Bertz CT molecular complexity index is 987. The minimum atomic E-state index is -0.773. The maximum atomic E-state index is 13.1. The molecule has 9 nitrogen and oxygen atoms in total. The number of nitrogens with zero attached hydrogens (tertiary/aromatic N) is 4. The Morgan fingerprint density at radius 3 is 2.69 bits per heavy atom. The Kier molecular flexibility index (Phi) is 5.83. The molecule has 0 spiro atoms. The zero-order valence-electron chi connectivity index (χ0n) is 16.1. The molecule has 0 saturated carbocycles. The van der Waals surface area contributed by atoms with Gasteiger partial charge in [-0.15, -0.1) is 10.2 Å². The van der Waals surface area contributed by atoms with Crippen LogP contribution in [0.5, 0.6) is 5.88 Å². The van der Waals surface area contributed by atoms with E-state index < -0.39 is 17.3 Å². The third-order valence-electron chi connectivity index (χ3n) is 4.04. The monoisotopic (exact) mass is 401 g/mol. The van der Waals surface area contributed by atoms with Gasteiger partial charge in [0.2, 0.25) is 5.88 Å². The maximum absolute atomic E-state index is 13.1. The van der Waals surface area contributed by atoms with Gasteiger partial charge in [-0.1, -0.05) is 5.16 Å². The molecule has 0 fully saturated rings. The van der Waals surface area contributed by atoms with E-state index in [1.165, 1.54) is 24.3 Å². The van der Waals surface area contributed by atoms with Crippen molar-refractivity contribution in [3.05, 3.63) is 53.3 Å². The molecule has 3 aromatic rings. The third kappa shape index (κ3) is 4.91. The van der Waals surface area contributed by atoms with Gasteiger partial charge >= 0.3 is 0 Å². The quantitative estimate of drug-likeness (QED) is 0.617. The number of aliphatic hydroxyl groups excluding tert-OH is 1. The molecule has 2 N–H and O–H groups in total. The van der Waals surface area contributed by atoms with Crippen molar-refractivity contribution in [2.45, 2.75) is 32.9 Å². The second kappa shape index (κ2) is 8.31. The number of hydrogen-bond acceptors (Lipinski definition) is 8. The normalized spacial score (nSPS) is 11.3. The summed E-state index contributed by atoms with van der Waals surface area (Å²) in [6.07, 6.45) is 1.09. The highest BCUT2D eigenvalue weighted by atomic mass is 19.1. The number of rotatable bonds is 7. The highest BCUT2D eigenvalue weighted by molar-refractivity contribution is 5.92. The fraction of sp³-hybridized carbons (Fsp3) is 0.316. The molecule has 0 bridgehead atoms. The highest BCUT2D eigenvalue weighted by Gasteiger charge is 2.21. The van der Waals surface area contributed by atoms with E-state index in [0.29, 0.717) is 22.7 Å². The molecule has 0 unspecified atom stereocenters. The van der Waals surface area contributed by atoms with Gasteiger partial charge in [0, 0.05) is 6.07 Å². The van der Waals surface area contributed by atoms with Crippen molar-refractivity contribution in [3.63, 3.8) is 0 Å². The molecule has 3 aromatic heterocycles. The lowest BCUT2D eigenvalue weighted by molar-refractivity contribution is 0.0863. The lowest BCUT2D eigenvalue weighted by Gasteiger charge is -2.22. The summed E-state index contributed by atoms with van der Waals surface area (Å²) in [6, 6.07) is 5.75. The molecular weight excluding hydrogens is 381 g/mol. The number of carbonyl (C=O) groups is 1. The summed E-state index contributed by atoms with van der Waals surface area (Å²) in [5.74, 6) is -0.181. The van der Waals surface area contributed by atoms with E-state index in [2.05, 4.69) is 25.7 Å². The van der Waals surface area contributed by atoms with E-state index in [1.807, 2.05) is 0 Å². The van der Waals surface area contributed by atoms with Crippen molar-refractivity contribution in [2.24, 2.45) is 0 Å². The number of aryl methyl sites for hydroxylation is 1. The largest absolute Gasteiger partial charge is 0.472 e. The fourth-order valence-corrected chi connectivity index (χ4v) is 2.35. The maximum Gasteiger partial charge on any atom is 0.272 e. The van der Waals surface area contributed by atoms with E-state index in [4.69, 9.17) is 9.26 Å². The Morgan fingerprint density at radius 2 is 2.07 bits per heavy atom. The number of aliphatic hydroxyl groups is 1. The van der Waals surface area contributed by atoms with Gasteiger partial charge in [0.05, 0.1) is 29.6 Å². The number of hydrogen-bond donors (Lipinski definition) is 2. The second-order valence-electron chi connectivity index (χ2n) is 6.97. The number of halogens is 1. The van der Waals surface area contributed by atoms with Crippen molar-refractivity contribution in [1.82, 2.24) is 25.7 Å². The van der Waals surface area contributed by atoms with Crippen LogP contribution in [0.2, 0.25) is 0 Å². The van der Waals surface area contributed by atoms with Gasteiger partial charge in [0.1, 0.15) is 23.9 Å². The van der Waals surface area contributed by atoms with E-state index in [-0.39, 0.29) is 24.8 Å². The van der Waals surface area contributed by atoms with Gasteiger partial charge < -0.3 is 19.7 Å². The van der Waals surface area contributed by atoms with Crippen LogP contribution in [0.1, 0.15) is 35.7 Å². The number of nitrogens with one attached hydrogen (secondary N) is 1. The molecule has 0 aliphatic heterocycles. The molecule has 0 radical (unpaired) electrons. The number of carbonyl (C=O) groups excluding carboxylic acids is 1. The smallest absolute Gasteiger partial charge is 0.272 e. The van der Waals surface area contributed by atoms with Crippen molar-refractivity contribution in [3.8, 4) is 17.3 Å². The van der Waals surface area contributed by atoms with Crippen LogP contribution in [-0.2, 0) is 6.61 Å². The van der Waals surface area contributed by atoms with Crippen LogP contribution >= 0.6 is 0 Å². The summed E-state index contributed by atoms with van der Waals surface area (Å²) >= 11 is 0. The number of amides is 1. The van der Waals surface area contributed by atoms with Crippen LogP contribution in [0.25, 0.3) is 11.4 Å². The van der Waals surface area contributed by atoms with Gasteiger partial charge in [-0.2, -0.15) is 0 Å². The Hall–Kier alpha value is -3.40. The number of pyridine rings is 1. The van der Waals surface area contributed by atoms with E-state index in [9.17, 15) is 14.3 Å². The van der Waals surface area contributed by atoms with Crippen LogP contribution in [0.4, 0.5) is 4.39 Å². The molecule has 0 aliphatic rings. The minimum absolute atomic E-state index is 0.0709. The van der Waals surface area contributed by atoms with Gasteiger partial charge in [-0.25, -0.2) is 4.39 Å². The lowest BCUT2D eigenvalue weighted by Crippen LogP contribution is -2.46. The van der Waals surface area contributed by atoms with Crippen molar-refractivity contribution < 1.29 is 23.6 Å². The molecular formula is C19H20FN5O4. The first-order valence-electron chi connectivity index (χ1n) is 8.76. The molecule has 0 aliphatic carbocycles. The molecule has 0 atom stereocenters. The average Bonchev–Trinajstić information content (AvgIpc) is 3.07. The molecule has 29 heavy (non-hydrogen) atoms. The summed E-state index contributed by atoms with van der Waals surface area (Å²) in [7, 11) is 0. The summed E-state index contributed by atoms with van der Waals surface area (Å²) in [5.41, 5.74) is 0.850. The van der Waals surface area contributed by atoms with Crippen LogP contribution < -0.4 is 10.1 Å². The Labute approximate surface area is 165 Å². The molecule has 0 aromatic carbocycles. The van der Waals surface area contributed by atoms with Gasteiger partial charge in [-0.3, -0.25) is 9.78 Å². The second-order valence-corrected chi connectivity index (χ2v) is 6.97. The molecule has 0 saturated heterocycles. The fourth-order valence-electron chi connectivity index (χ4n) is 2.35. The number of ether oxygens (including phenoxy) is 1. The first kappa shape index (κ1) is 20.3. The summed E-state index contributed by atoms with van der Waals surface area (Å²) in [4.78, 5) is 16.1. The zero-order chi connectivity index (χ0) is 21.0. The lowest BCUT2D eigenvalue weighted by atomic mass is 10.1. The summed E-state index contributed by atoms with van der Waals surface area (Å²) < 4.78 is 23.9. The molecule has 10 heteroatoms. The minimum Gasteiger partial charge on any atom is -0.472 e. The van der Waals surface area contributed by atoms with E-state index in [0.717, 1.165) is 6.20 Å². The van der Waals surface area contributed by atoms with Gasteiger partial charge in [0.25, 0.3) is 5.91 Å². The average molecular weight is 401 g/mol. The van der Waals surface area contributed by atoms with Gasteiger partial charge in [-0.05, 0) is 39.0 Å². The summed E-state index contributed by atoms with van der Waals surface area (Å²) in [5, 5.41) is 23.6. The van der Waals surface area contributed by atoms with Crippen LogP contribution in [-0.4, -0.2) is 43.5 Å². The first-order chi connectivity index (χ1) is 13.8. The Balaban J connectivity index is 1.69. The Morgan fingerprint density at radius 1 is 1.28 bits per heavy atom. The van der Waals surface area contributed by atoms with Crippen LogP contribution in [0.3, 0.4) is 0 Å². The zero-order valence-corrected chi connectivity index (χ0v) is 16.1. The van der Waals surface area contributed by atoms with Crippen molar-refractivity contribution in [1.29, 1.82) is 0 Å². The first-order valence-corrected chi connectivity index (χ1v) is 8.76. The van der Waals surface area contributed by atoms with Crippen molar-refractivity contribution in [2.75, 3.05) is 6.61 Å². The molecule has 152 valence electrons. The molecule has 1 amide bonds. The SMILES string of the molecule is Cc1onc(-c2ccc(F)cn2)c1COc1ccc(C(=O)NC(C)(C)CO)nn1. The molecule has 3 heterocycles. The predicted octanol–water partition coefficient (Wildman–Crippen LogP) is 2.05. The van der Waals surface area contributed by atoms with Crippen LogP contribution in [0, 0.1) is 12.7 Å². The standard InChI is InChI=1S/C19H20FN5O4/c1-11-13(17(25-29-11)14-5-4-12(20)8-21-14)9-28-16-7-6-15(23-24-16)18(27)22-19(2,3)10-26/h4-8,26H,9-10H2,1-3H3,(H,22,27). The third-order valence-corrected chi connectivity index (χ3v) is 4.04.